The summed E-state index contributed by atoms with van der Waals surface area (Å²) in [5, 5.41) is 3.20. The molecule has 6 heteroatoms. The van der Waals surface area contributed by atoms with Gasteiger partial charge in [0.1, 0.15) is 5.82 Å². The summed E-state index contributed by atoms with van der Waals surface area (Å²) >= 11 is 0. The Hall–Kier alpha value is -1.82. The Kier molecular flexibility index (Phi) is 7.82. The highest BCUT2D eigenvalue weighted by Gasteiger charge is 2.17. The monoisotopic (exact) mass is 332 g/mol. The minimum atomic E-state index is 0.527. The molecule has 2 heterocycles. The Morgan fingerprint density at radius 3 is 2.79 bits per heavy atom. The van der Waals surface area contributed by atoms with Crippen molar-refractivity contribution in [3.8, 4) is 0 Å². The van der Waals surface area contributed by atoms with Crippen LogP contribution in [-0.2, 0) is 6.54 Å². The smallest absolute Gasteiger partial charge is 0.188 e. The molecule has 1 aliphatic heterocycles. The van der Waals surface area contributed by atoms with E-state index in [0.29, 0.717) is 12.5 Å². The summed E-state index contributed by atoms with van der Waals surface area (Å²) in [5.74, 6) is 1.57. The zero-order valence-corrected chi connectivity index (χ0v) is 15.2. The second-order valence-electron chi connectivity index (χ2n) is 6.47. The van der Waals surface area contributed by atoms with E-state index in [0.717, 1.165) is 50.5 Å². The summed E-state index contributed by atoms with van der Waals surface area (Å²) in [7, 11) is 2.16. The minimum Gasteiger partial charge on any atom is -0.370 e. The molecular formula is C18H32N6. The number of hydrogen-bond donors (Lipinski definition) is 2. The van der Waals surface area contributed by atoms with Gasteiger partial charge in [-0.15, -0.1) is 0 Å². The summed E-state index contributed by atoms with van der Waals surface area (Å²) in [6.45, 7) is 7.85. The second kappa shape index (κ2) is 10.1. The lowest BCUT2D eigenvalue weighted by Gasteiger charge is -2.34. The number of rotatable bonds is 8. The number of aromatic nitrogens is 1. The van der Waals surface area contributed by atoms with Gasteiger partial charge in [-0.3, -0.25) is 0 Å². The van der Waals surface area contributed by atoms with E-state index in [4.69, 9.17) is 5.73 Å². The summed E-state index contributed by atoms with van der Waals surface area (Å²) in [6.07, 6.45) is 6.77. The first-order valence-corrected chi connectivity index (χ1v) is 9.12. The van der Waals surface area contributed by atoms with E-state index in [1.54, 1.807) is 0 Å². The molecule has 24 heavy (non-hydrogen) atoms. The SMILES string of the molecule is CCCCCCNC(N)=NCc1cccnc1N1CCN(C)CC1. The van der Waals surface area contributed by atoms with E-state index in [9.17, 15) is 0 Å². The first kappa shape index (κ1) is 18.5. The number of hydrogen-bond acceptors (Lipinski definition) is 4. The molecule has 1 aromatic heterocycles. The maximum atomic E-state index is 5.98. The van der Waals surface area contributed by atoms with Gasteiger partial charge in [-0.25, -0.2) is 9.98 Å². The number of nitrogens with zero attached hydrogens (tertiary/aromatic N) is 4. The van der Waals surface area contributed by atoms with Gasteiger partial charge in [0.05, 0.1) is 6.54 Å². The third-order valence-electron chi connectivity index (χ3n) is 4.43. The normalized spacial score (nSPS) is 16.4. The molecule has 2 rings (SSSR count). The Morgan fingerprint density at radius 1 is 1.25 bits per heavy atom. The van der Waals surface area contributed by atoms with Crippen molar-refractivity contribution in [3.05, 3.63) is 23.9 Å². The van der Waals surface area contributed by atoms with Gasteiger partial charge in [0.15, 0.2) is 5.96 Å². The Bertz CT molecular complexity index is 508. The highest BCUT2D eigenvalue weighted by Crippen LogP contribution is 2.19. The van der Waals surface area contributed by atoms with Crippen LogP contribution >= 0.6 is 0 Å². The van der Waals surface area contributed by atoms with Crippen LogP contribution in [0, 0.1) is 0 Å². The summed E-state index contributed by atoms with van der Waals surface area (Å²) in [4.78, 5) is 13.8. The highest BCUT2D eigenvalue weighted by molar-refractivity contribution is 5.77. The van der Waals surface area contributed by atoms with Crippen molar-refractivity contribution in [2.24, 2.45) is 10.7 Å². The molecule has 0 bridgehead atoms. The van der Waals surface area contributed by atoms with E-state index in [1.807, 2.05) is 12.3 Å². The number of piperazine rings is 1. The standard InChI is InChI=1S/C18H32N6/c1-3-4-5-6-9-21-18(19)22-15-16-8-7-10-20-17(16)24-13-11-23(2)12-14-24/h7-8,10H,3-6,9,11-15H2,1-2H3,(H3,19,21,22). The van der Waals surface area contributed by atoms with Gasteiger partial charge in [-0.05, 0) is 19.5 Å². The quantitative estimate of drug-likeness (QED) is 0.432. The topological polar surface area (TPSA) is 69.8 Å². The zero-order chi connectivity index (χ0) is 17.2. The van der Waals surface area contributed by atoms with Gasteiger partial charge in [0, 0.05) is 44.5 Å². The number of anilines is 1. The molecule has 1 fully saturated rings. The molecular weight excluding hydrogens is 300 g/mol. The predicted octanol–water partition coefficient (Wildman–Crippen LogP) is 1.82. The van der Waals surface area contributed by atoms with Crippen LogP contribution in [-0.4, -0.2) is 55.6 Å². The minimum absolute atomic E-state index is 0.527. The number of guanidine groups is 1. The molecule has 0 amide bonds. The number of pyridine rings is 1. The van der Waals surface area contributed by atoms with Crippen LogP contribution in [0.5, 0.6) is 0 Å². The van der Waals surface area contributed by atoms with Gasteiger partial charge < -0.3 is 20.9 Å². The van der Waals surface area contributed by atoms with E-state index in [2.05, 4.69) is 45.1 Å². The van der Waals surface area contributed by atoms with Crippen molar-refractivity contribution in [2.45, 2.75) is 39.2 Å². The van der Waals surface area contributed by atoms with Crippen molar-refractivity contribution in [2.75, 3.05) is 44.7 Å². The van der Waals surface area contributed by atoms with E-state index in [1.165, 1.54) is 19.3 Å². The van der Waals surface area contributed by atoms with Crippen LogP contribution in [0.1, 0.15) is 38.2 Å². The van der Waals surface area contributed by atoms with Crippen molar-refractivity contribution in [1.82, 2.24) is 15.2 Å². The maximum Gasteiger partial charge on any atom is 0.188 e. The molecule has 0 spiro atoms. The van der Waals surface area contributed by atoms with Gasteiger partial charge in [-0.2, -0.15) is 0 Å². The van der Waals surface area contributed by atoms with Crippen LogP contribution < -0.4 is 16.0 Å². The molecule has 1 aromatic rings. The van der Waals surface area contributed by atoms with Crippen molar-refractivity contribution in [3.63, 3.8) is 0 Å². The Balaban J connectivity index is 1.86. The highest BCUT2D eigenvalue weighted by atomic mass is 15.3. The second-order valence-corrected chi connectivity index (χ2v) is 6.47. The largest absolute Gasteiger partial charge is 0.370 e. The molecule has 0 unspecified atom stereocenters. The molecule has 0 aliphatic carbocycles. The van der Waals surface area contributed by atoms with Gasteiger partial charge >= 0.3 is 0 Å². The molecule has 1 aliphatic rings. The number of aliphatic imine (C=N–C) groups is 1. The molecule has 1 saturated heterocycles. The van der Waals surface area contributed by atoms with E-state index < -0.39 is 0 Å². The molecule has 134 valence electrons. The molecule has 0 aromatic carbocycles. The first-order valence-electron chi connectivity index (χ1n) is 9.12. The molecule has 0 saturated carbocycles. The van der Waals surface area contributed by atoms with E-state index in [-0.39, 0.29) is 0 Å². The fraction of sp³-hybridized carbons (Fsp3) is 0.667. The van der Waals surface area contributed by atoms with E-state index >= 15 is 0 Å². The lowest BCUT2D eigenvalue weighted by molar-refractivity contribution is 0.312. The van der Waals surface area contributed by atoms with Crippen molar-refractivity contribution < 1.29 is 0 Å². The predicted molar refractivity (Wildman–Crippen MR) is 101 cm³/mol. The number of unbranched alkanes of at least 4 members (excludes halogenated alkanes) is 3. The van der Waals surface area contributed by atoms with Gasteiger partial charge in [-0.1, -0.05) is 32.3 Å². The Morgan fingerprint density at radius 2 is 2.04 bits per heavy atom. The molecule has 6 nitrogen and oxygen atoms in total. The summed E-state index contributed by atoms with van der Waals surface area (Å²) in [5.41, 5.74) is 7.12. The lowest BCUT2D eigenvalue weighted by Crippen LogP contribution is -2.45. The average molecular weight is 332 g/mol. The van der Waals surface area contributed by atoms with Crippen molar-refractivity contribution in [1.29, 1.82) is 0 Å². The van der Waals surface area contributed by atoms with Gasteiger partial charge in [0.25, 0.3) is 0 Å². The Labute approximate surface area is 146 Å². The zero-order valence-electron chi connectivity index (χ0n) is 15.2. The van der Waals surface area contributed by atoms with Gasteiger partial charge in [0.2, 0.25) is 0 Å². The summed E-state index contributed by atoms with van der Waals surface area (Å²) in [6, 6.07) is 4.07. The third-order valence-corrected chi connectivity index (χ3v) is 4.43. The van der Waals surface area contributed by atoms with Crippen LogP contribution in [0.3, 0.4) is 0 Å². The maximum absolute atomic E-state index is 5.98. The summed E-state index contributed by atoms with van der Waals surface area (Å²) < 4.78 is 0. The fourth-order valence-electron chi connectivity index (χ4n) is 2.85. The third kappa shape index (κ3) is 6.00. The van der Waals surface area contributed by atoms with Crippen LogP contribution in [0.4, 0.5) is 5.82 Å². The molecule has 3 N–H and O–H groups in total. The van der Waals surface area contributed by atoms with Crippen molar-refractivity contribution >= 4 is 11.8 Å². The first-order chi connectivity index (χ1) is 11.7. The number of likely N-dealkylation sites (N-methyl/N-ethyl adjacent to an activating group) is 1. The van der Waals surface area contributed by atoms with Crippen LogP contribution in [0.25, 0.3) is 0 Å². The van der Waals surface area contributed by atoms with Crippen LogP contribution in [0.15, 0.2) is 23.3 Å². The molecule has 0 atom stereocenters. The molecule has 0 radical (unpaired) electrons. The lowest BCUT2D eigenvalue weighted by atomic mass is 10.2. The number of nitrogens with one attached hydrogen (secondary N) is 1. The fourth-order valence-corrected chi connectivity index (χ4v) is 2.85. The number of nitrogens with two attached hydrogens (primary N) is 1. The average Bonchev–Trinajstić information content (AvgIpc) is 2.61. The van der Waals surface area contributed by atoms with Crippen LogP contribution in [0.2, 0.25) is 0 Å².